The van der Waals surface area contributed by atoms with Crippen molar-refractivity contribution in [3.63, 3.8) is 0 Å². The molecule has 0 radical (unpaired) electrons. The van der Waals surface area contributed by atoms with Crippen LogP contribution < -0.4 is 4.74 Å². The third-order valence-corrected chi connectivity index (χ3v) is 7.54. The number of alkyl halides is 6. The van der Waals surface area contributed by atoms with Crippen molar-refractivity contribution in [3.05, 3.63) is 84.2 Å². The monoisotopic (exact) mass is 580 g/mol. The van der Waals surface area contributed by atoms with Crippen LogP contribution >= 0.6 is 0 Å². The van der Waals surface area contributed by atoms with E-state index in [-0.39, 0.29) is 4.31 Å². The molecule has 0 amide bonds. The summed E-state index contributed by atoms with van der Waals surface area (Å²) in [4.78, 5) is 0. The largest absolute Gasteiger partial charge is 0.518 e. The van der Waals surface area contributed by atoms with E-state index in [9.17, 15) is 43.2 Å². The second-order valence-electron chi connectivity index (χ2n) is 7.56. The molecule has 1 aliphatic heterocycles. The van der Waals surface area contributed by atoms with Gasteiger partial charge in [-0.25, -0.2) is 4.31 Å². The Morgan fingerprint density at radius 3 is 2.03 bits per heavy atom. The average Bonchev–Trinajstić information content (AvgIpc) is 3.02. The summed E-state index contributed by atoms with van der Waals surface area (Å²) in [6.45, 7) is 0. The molecular formula is C23H18F6N2O5S2. The molecule has 1 heterocycles. The van der Waals surface area contributed by atoms with Crippen LogP contribution in [-0.2, 0) is 20.0 Å². The summed E-state index contributed by atoms with van der Waals surface area (Å²) >= 11 is 0. The number of hydrogen-bond acceptors (Lipinski definition) is 5. The molecule has 0 aromatic carbocycles. The number of rotatable bonds is 7. The minimum absolute atomic E-state index is 0.0732. The topological polar surface area (TPSA) is 93.1 Å². The first kappa shape index (κ1) is 29.0. The molecule has 0 spiro atoms. The van der Waals surface area contributed by atoms with Gasteiger partial charge >= 0.3 is 31.1 Å². The first-order valence-corrected chi connectivity index (χ1v) is 13.2. The SMILES string of the molecule is COc1ccc2c(/C=C/C=C/C=N/S(=O)(=O)C(F)(F)F)cc(C3C=CN(S(=O)(=O)C(F)(F)F)C=C3)c-2cc1. The Hall–Kier alpha value is -3.59. The third kappa shape index (κ3) is 6.10. The van der Waals surface area contributed by atoms with E-state index < -0.39 is 37.0 Å². The van der Waals surface area contributed by atoms with Crippen LogP contribution in [0.4, 0.5) is 26.3 Å². The lowest BCUT2D eigenvalue weighted by Gasteiger charge is -2.22. The number of fused-ring (bicyclic) bond motifs is 1. The van der Waals surface area contributed by atoms with Gasteiger partial charge in [-0.3, -0.25) is 0 Å². The highest BCUT2D eigenvalue weighted by molar-refractivity contribution is 7.91. The molecule has 2 aliphatic carbocycles. The maximum atomic E-state index is 12.9. The summed E-state index contributed by atoms with van der Waals surface area (Å²) in [5.74, 6) is -0.0933. The molecule has 3 aliphatic rings. The molecule has 0 aromatic rings. The van der Waals surface area contributed by atoms with Gasteiger partial charge in [-0.15, -0.1) is 0 Å². The fourth-order valence-electron chi connectivity index (χ4n) is 3.35. The number of halogens is 6. The number of ether oxygens (including phenoxy) is 1. The molecule has 0 fully saturated rings. The van der Waals surface area contributed by atoms with Crippen molar-refractivity contribution >= 4 is 32.3 Å². The van der Waals surface area contributed by atoms with E-state index in [1.54, 1.807) is 36.4 Å². The predicted octanol–water partition coefficient (Wildman–Crippen LogP) is 5.57. The lowest BCUT2D eigenvalue weighted by Crippen LogP contribution is -2.35. The van der Waals surface area contributed by atoms with Gasteiger partial charge < -0.3 is 4.74 Å². The Balaban J connectivity index is 1.92. The molecule has 38 heavy (non-hydrogen) atoms. The van der Waals surface area contributed by atoms with Crippen molar-refractivity contribution < 1.29 is 47.9 Å². The van der Waals surface area contributed by atoms with Gasteiger partial charge in [0.1, 0.15) is 5.75 Å². The second kappa shape index (κ2) is 10.6. The van der Waals surface area contributed by atoms with Gasteiger partial charge in [-0.05, 0) is 46.5 Å². The number of nitrogens with zero attached hydrogens (tertiary/aromatic N) is 2. The standard InChI is InChI=1S/C23H18F6N2O5S2/c1-36-18-6-8-19-17(5-3-2-4-12-30-37(32,33)22(24,25)26)15-21(20(19)9-7-18)16-10-13-31(14-11-16)38(34,35)23(27,28)29/h2-16H,1H3/b4-2+,5-3+,30-12+. The van der Waals surface area contributed by atoms with Gasteiger partial charge in [0.2, 0.25) is 0 Å². The van der Waals surface area contributed by atoms with E-state index in [1.165, 1.54) is 31.4 Å². The van der Waals surface area contributed by atoms with Crippen molar-refractivity contribution in [1.82, 2.24) is 4.31 Å². The Labute approximate surface area is 214 Å². The van der Waals surface area contributed by atoms with Crippen LogP contribution in [0.25, 0.3) is 17.2 Å². The summed E-state index contributed by atoms with van der Waals surface area (Å²) in [6, 6.07) is 8.46. The molecule has 0 bridgehead atoms. The van der Waals surface area contributed by atoms with Crippen molar-refractivity contribution in [2.24, 2.45) is 4.40 Å². The zero-order valence-electron chi connectivity index (χ0n) is 19.2. The Bertz CT molecular complexity index is 1510. The van der Waals surface area contributed by atoms with Crippen LogP contribution in [0.5, 0.6) is 5.75 Å². The number of allylic oxidation sites excluding steroid dienone is 5. The minimum Gasteiger partial charge on any atom is -0.497 e. The van der Waals surface area contributed by atoms with E-state index in [1.807, 2.05) is 0 Å². The van der Waals surface area contributed by atoms with Gasteiger partial charge in [0.25, 0.3) is 0 Å². The molecule has 0 atom stereocenters. The maximum absolute atomic E-state index is 12.9. The van der Waals surface area contributed by atoms with Gasteiger partial charge in [0.15, 0.2) is 0 Å². The quantitative estimate of drug-likeness (QED) is 0.243. The summed E-state index contributed by atoms with van der Waals surface area (Å²) in [5, 5.41) is 0. The molecule has 15 heteroatoms. The number of methoxy groups -OCH3 is 1. The van der Waals surface area contributed by atoms with Crippen LogP contribution in [0.15, 0.2) is 77.5 Å². The average molecular weight is 581 g/mol. The molecular weight excluding hydrogens is 562 g/mol. The highest BCUT2D eigenvalue weighted by atomic mass is 32.2. The lowest BCUT2D eigenvalue weighted by atomic mass is 9.96. The van der Waals surface area contributed by atoms with E-state index in [0.717, 1.165) is 18.5 Å². The lowest BCUT2D eigenvalue weighted by molar-refractivity contribution is -0.0469. The zero-order chi connectivity index (χ0) is 28.4. The smallest absolute Gasteiger partial charge is 0.497 e. The predicted molar refractivity (Wildman–Crippen MR) is 129 cm³/mol. The van der Waals surface area contributed by atoms with E-state index >= 15 is 0 Å². The van der Waals surface area contributed by atoms with Crippen molar-refractivity contribution in [2.75, 3.05) is 7.11 Å². The minimum atomic E-state index is -5.64. The molecule has 7 nitrogen and oxygen atoms in total. The van der Waals surface area contributed by atoms with Crippen LogP contribution in [0, 0.1) is 0 Å². The first-order chi connectivity index (χ1) is 17.6. The van der Waals surface area contributed by atoms with Crippen LogP contribution in [0.3, 0.4) is 0 Å². The van der Waals surface area contributed by atoms with Crippen LogP contribution in [0.1, 0.15) is 17.0 Å². The normalized spacial score (nSPS) is 16.0. The number of hydrogen-bond donors (Lipinski definition) is 0. The zero-order valence-corrected chi connectivity index (χ0v) is 20.8. The van der Waals surface area contributed by atoms with Gasteiger partial charge in [0, 0.05) is 24.5 Å². The highest BCUT2D eigenvalue weighted by Crippen LogP contribution is 2.40. The van der Waals surface area contributed by atoms with Gasteiger partial charge in [0.05, 0.1) is 7.11 Å². The van der Waals surface area contributed by atoms with Crippen LogP contribution in [0.2, 0.25) is 0 Å². The molecule has 204 valence electrons. The van der Waals surface area contributed by atoms with Crippen molar-refractivity contribution in [1.29, 1.82) is 0 Å². The van der Waals surface area contributed by atoms with E-state index in [4.69, 9.17) is 4.74 Å². The summed E-state index contributed by atoms with van der Waals surface area (Å²) in [6.07, 6.45) is 9.88. The Kier molecular flexibility index (Phi) is 8.12. The Morgan fingerprint density at radius 1 is 0.868 bits per heavy atom. The summed E-state index contributed by atoms with van der Waals surface area (Å²) in [7, 11) is -9.78. The fourth-order valence-corrected chi connectivity index (χ4v) is 4.40. The van der Waals surface area contributed by atoms with Gasteiger partial charge in [-0.2, -0.15) is 47.6 Å². The van der Waals surface area contributed by atoms with Crippen molar-refractivity contribution in [3.8, 4) is 16.9 Å². The van der Waals surface area contributed by atoms with Gasteiger partial charge in [-0.1, -0.05) is 42.5 Å². The molecule has 0 unspecified atom stereocenters. The van der Waals surface area contributed by atoms with E-state index in [2.05, 4.69) is 4.40 Å². The second-order valence-corrected chi connectivity index (χ2v) is 11.0. The maximum Gasteiger partial charge on any atom is 0.518 e. The third-order valence-electron chi connectivity index (χ3n) is 5.17. The fraction of sp³-hybridized carbons (Fsp3) is 0.174. The summed E-state index contributed by atoms with van der Waals surface area (Å²) in [5.41, 5.74) is -8.42. The number of sulfonamides is 2. The van der Waals surface area contributed by atoms with E-state index in [0.29, 0.717) is 34.2 Å². The molecule has 0 aromatic heterocycles. The van der Waals surface area contributed by atoms with Crippen LogP contribution in [-0.4, -0.2) is 45.5 Å². The molecule has 0 saturated heterocycles. The first-order valence-electron chi connectivity index (χ1n) is 10.4. The molecule has 0 saturated carbocycles. The molecule has 0 N–H and O–H groups in total. The Morgan fingerprint density at radius 2 is 1.47 bits per heavy atom. The van der Waals surface area contributed by atoms with Crippen molar-refractivity contribution in [2.45, 2.75) is 16.9 Å². The summed E-state index contributed by atoms with van der Waals surface area (Å²) < 4.78 is 128. The highest BCUT2D eigenvalue weighted by Gasteiger charge is 2.49. The molecule has 3 rings (SSSR count).